The Hall–Kier alpha value is -2.18. The Balaban J connectivity index is 1.68. The van der Waals surface area contributed by atoms with Gasteiger partial charge in [-0.3, -0.25) is 9.63 Å². The SMILES string of the molecule is O=C(c1ccc(F)c(F)c1Nc1ccc(I)cc1Cl)N(Cl)OCC(O)COc1ccccc1. The van der Waals surface area contributed by atoms with Crippen molar-refractivity contribution in [3.8, 4) is 5.75 Å². The van der Waals surface area contributed by atoms with E-state index >= 15 is 0 Å². The highest BCUT2D eigenvalue weighted by atomic mass is 127. The largest absolute Gasteiger partial charge is 0.491 e. The van der Waals surface area contributed by atoms with E-state index in [2.05, 4.69) is 5.32 Å². The zero-order valence-corrected chi connectivity index (χ0v) is 20.4. The van der Waals surface area contributed by atoms with Gasteiger partial charge < -0.3 is 15.2 Å². The minimum Gasteiger partial charge on any atom is -0.491 e. The fourth-order valence-corrected chi connectivity index (χ4v) is 3.69. The van der Waals surface area contributed by atoms with E-state index in [9.17, 15) is 18.7 Å². The number of hydrogen-bond acceptors (Lipinski definition) is 5. The van der Waals surface area contributed by atoms with Crippen molar-refractivity contribution in [1.29, 1.82) is 0 Å². The van der Waals surface area contributed by atoms with Gasteiger partial charge in [-0.05, 0) is 65.1 Å². The van der Waals surface area contributed by atoms with Gasteiger partial charge in [0, 0.05) is 15.3 Å². The Bertz CT molecular complexity index is 1130. The van der Waals surface area contributed by atoms with Crippen LogP contribution in [0.3, 0.4) is 0 Å². The second-order valence-electron chi connectivity index (χ2n) is 6.66. The molecule has 33 heavy (non-hydrogen) atoms. The topological polar surface area (TPSA) is 71.0 Å². The molecule has 2 N–H and O–H groups in total. The summed E-state index contributed by atoms with van der Waals surface area (Å²) in [5.74, 6) is -2.92. The number of ether oxygens (including phenoxy) is 1. The summed E-state index contributed by atoms with van der Waals surface area (Å²) in [6.45, 7) is -0.510. The standard InChI is InChI=1S/C22H17Cl2F2IN2O4/c23-17-10-13(27)6-9-19(17)28-21-16(7-8-18(25)20(21)26)22(31)29(24)33-12-14(30)11-32-15-4-2-1-3-5-15/h1-10,14,28,30H,11-12H2. The third kappa shape index (κ3) is 6.90. The summed E-state index contributed by atoms with van der Waals surface area (Å²) in [5, 5.41) is 12.9. The lowest BCUT2D eigenvalue weighted by Crippen LogP contribution is -2.30. The fourth-order valence-electron chi connectivity index (χ4n) is 2.64. The number of aliphatic hydroxyl groups is 1. The number of nitrogens with zero attached hydrogens (tertiary/aromatic N) is 1. The Morgan fingerprint density at radius 1 is 1.12 bits per heavy atom. The van der Waals surface area contributed by atoms with Gasteiger partial charge in [-0.1, -0.05) is 29.8 Å². The van der Waals surface area contributed by atoms with Gasteiger partial charge in [-0.25, -0.2) is 8.78 Å². The molecular formula is C22H17Cl2F2IN2O4. The molecule has 3 aromatic carbocycles. The first kappa shape index (κ1) is 25.4. The number of amides is 1. The molecule has 6 nitrogen and oxygen atoms in total. The number of hydroxylamine groups is 1. The molecule has 1 amide bonds. The molecule has 0 heterocycles. The molecule has 0 aromatic heterocycles. The number of aliphatic hydroxyl groups excluding tert-OH is 1. The van der Waals surface area contributed by atoms with Crippen LogP contribution in [0.4, 0.5) is 20.2 Å². The molecule has 3 aromatic rings. The van der Waals surface area contributed by atoms with Crippen molar-refractivity contribution in [3.63, 3.8) is 0 Å². The van der Waals surface area contributed by atoms with Gasteiger partial charge >= 0.3 is 0 Å². The van der Waals surface area contributed by atoms with Gasteiger partial charge in [0.15, 0.2) is 11.6 Å². The molecule has 0 radical (unpaired) electrons. The molecule has 11 heteroatoms. The predicted molar refractivity (Wildman–Crippen MR) is 130 cm³/mol. The number of para-hydroxylation sites is 1. The molecule has 0 fully saturated rings. The summed E-state index contributed by atoms with van der Waals surface area (Å²) in [6.07, 6.45) is -1.12. The van der Waals surface area contributed by atoms with Gasteiger partial charge in [0.25, 0.3) is 5.91 Å². The lowest BCUT2D eigenvalue weighted by molar-refractivity contribution is -0.0962. The van der Waals surface area contributed by atoms with Crippen LogP contribution in [0.25, 0.3) is 0 Å². The number of carbonyl (C=O) groups excluding carboxylic acids is 1. The maximum absolute atomic E-state index is 14.6. The van der Waals surface area contributed by atoms with Crippen molar-refractivity contribution in [2.24, 2.45) is 0 Å². The third-order valence-corrected chi connectivity index (χ3v) is 5.48. The van der Waals surface area contributed by atoms with Gasteiger partial charge in [0.2, 0.25) is 0 Å². The number of benzene rings is 3. The smallest absolute Gasteiger partial charge is 0.295 e. The van der Waals surface area contributed by atoms with Crippen LogP contribution >= 0.6 is 46.0 Å². The molecule has 0 aliphatic heterocycles. The first-order chi connectivity index (χ1) is 15.8. The summed E-state index contributed by atoms with van der Waals surface area (Å²) in [7, 11) is 0. The van der Waals surface area contributed by atoms with Crippen LogP contribution in [0.15, 0.2) is 60.7 Å². The zero-order valence-electron chi connectivity index (χ0n) is 16.8. The first-order valence-corrected chi connectivity index (χ1v) is 11.2. The normalized spacial score (nSPS) is 11.7. The van der Waals surface area contributed by atoms with E-state index in [1.807, 2.05) is 28.7 Å². The van der Waals surface area contributed by atoms with E-state index < -0.39 is 35.9 Å². The van der Waals surface area contributed by atoms with Crippen molar-refractivity contribution in [2.75, 3.05) is 18.5 Å². The van der Waals surface area contributed by atoms with Crippen LogP contribution in [-0.2, 0) is 4.84 Å². The molecule has 0 aliphatic carbocycles. The highest BCUT2D eigenvalue weighted by Crippen LogP contribution is 2.32. The highest BCUT2D eigenvalue weighted by Gasteiger charge is 2.24. The van der Waals surface area contributed by atoms with Crippen LogP contribution in [0, 0.1) is 15.2 Å². The number of anilines is 2. The van der Waals surface area contributed by atoms with E-state index in [1.54, 1.807) is 42.5 Å². The lowest BCUT2D eigenvalue weighted by Gasteiger charge is -2.19. The van der Waals surface area contributed by atoms with Crippen molar-refractivity contribution in [2.45, 2.75) is 6.10 Å². The lowest BCUT2D eigenvalue weighted by atomic mass is 10.1. The average molecular weight is 609 g/mol. The maximum Gasteiger partial charge on any atom is 0.295 e. The molecular weight excluding hydrogens is 592 g/mol. The second kappa shape index (κ2) is 11.8. The molecule has 1 unspecified atom stereocenters. The molecule has 174 valence electrons. The summed E-state index contributed by atoms with van der Waals surface area (Å²) in [4.78, 5) is 17.8. The fraction of sp³-hybridized carbons (Fsp3) is 0.136. The van der Waals surface area contributed by atoms with Crippen LogP contribution in [0.2, 0.25) is 5.02 Å². The molecule has 3 rings (SSSR count). The maximum atomic E-state index is 14.6. The van der Waals surface area contributed by atoms with Crippen LogP contribution in [-0.4, -0.2) is 34.9 Å². The monoisotopic (exact) mass is 608 g/mol. The van der Waals surface area contributed by atoms with E-state index in [1.165, 1.54) is 0 Å². The second-order valence-corrected chi connectivity index (χ2v) is 8.62. The zero-order chi connectivity index (χ0) is 24.0. The van der Waals surface area contributed by atoms with Gasteiger partial charge in [0.05, 0.1) is 22.0 Å². The minimum absolute atomic E-state index is 0.119. The summed E-state index contributed by atoms with van der Waals surface area (Å²) < 4.78 is 35.0. The summed E-state index contributed by atoms with van der Waals surface area (Å²) >= 11 is 14.1. The number of nitrogens with one attached hydrogen (secondary N) is 1. The quantitative estimate of drug-likeness (QED) is 0.179. The van der Waals surface area contributed by atoms with E-state index in [-0.39, 0.29) is 22.9 Å². The van der Waals surface area contributed by atoms with E-state index in [0.29, 0.717) is 10.3 Å². The molecule has 0 aliphatic rings. The first-order valence-electron chi connectivity index (χ1n) is 9.45. The van der Waals surface area contributed by atoms with Gasteiger partial charge in [0.1, 0.15) is 25.1 Å². The Kier molecular flexibility index (Phi) is 9.10. The predicted octanol–water partition coefficient (Wildman–Crippen LogP) is 5.93. The third-order valence-electron chi connectivity index (χ3n) is 4.24. The number of rotatable bonds is 9. The average Bonchev–Trinajstić information content (AvgIpc) is 2.81. The van der Waals surface area contributed by atoms with Crippen molar-refractivity contribution in [3.05, 3.63) is 86.5 Å². The molecule has 1 atom stereocenters. The van der Waals surface area contributed by atoms with E-state index in [4.69, 9.17) is 33.0 Å². The van der Waals surface area contributed by atoms with Crippen LogP contribution in [0.5, 0.6) is 5.75 Å². The summed E-state index contributed by atoms with van der Waals surface area (Å²) in [5.41, 5.74) is -0.523. The van der Waals surface area contributed by atoms with Crippen molar-refractivity contribution in [1.82, 2.24) is 4.58 Å². The Labute approximate surface area is 212 Å². The highest BCUT2D eigenvalue weighted by molar-refractivity contribution is 14.1. The number of halogens is 5. The van der Waals surface area contributed by atoms with Crippen molar-refractivity contribution >= 4 is 63.3 Å². The number of hydrogen-bond donors (Lipinski definition) is 2. The molecule has 0 bridgehead atoms. The van der Waals surface area contributed by atoms with Crippen LogP contribution < -0.4 is 10.1 Å². The van der Waals surface area contributed by atoms with E-state index in [0.717, 1.165) is 15.7 Å². The Morgan fingerprint density at radius 3 is 2.55 bits per heavy atom. The van der Waals surface area contributed by atoms with Gasteiger partial charge in [-0.15, -0.1) is 4.58 Å². The van der Waals surface area contributed by atoms with Crippen molar-refractivity contribution < 1.29 is 28.3 Å². The minimum atomic E-state index is -1.29. The Morgan fingerprint density at radius 2 is 1.85 bits per heavy atom. The van der Waals surface area contributed by atoms with Gasteiger partial charge in [-0.2, -0.15) is 0 Å². The molecule has 0 spiro atoms. The number of carbonyl (C=O) groups is 1. The molecule has 0 saturated carbocycles. The molecule has 0 saturated heterocycles. The van der Waals surface area contributed by atoms with Crippen LogP contribution in [0.1, 0.15) is 10.4 Å². The summed E-state index contributed by atoms with van der Waals surface area (Å²) in [6, 6.07) is 15.5.